The minimum Gasteiger partial charge on any atom is -0.336 e. The van der Waals surface area contributed by atoms with Crippen molar-refractivity contribution in [3.05, 3.63) is 35.4 Å². The van der Waals surface area contributed by atoms with Gasteiger partial charge in [-0.05, 0) is 49.1 Å². The molecule has 1 atom stereocenters. The van der Waals surface area contributed by atoms with Crippen LogP contribution >= 0.6 is 0 Å². The lowest BCUT2D eigenvalue weighted by atomic mass is 9.84. The van der Waals surface area contributed by atoms with Gasteiger partial charge in [0.1, 0.15) is 17.6 Å². The second-order valence-corrected chi connectivity index (χ2v) is 9.22. The third-order valence-corrected chi connectivity index (χ3v) is 5.95. The van der Waals surface area contributed by atoms with Gasteiger partial charge < -0.3 is 10.6 Å². The van der Waals surface area contributed by atoms with Gasteiger partial charge in [-0.25, -0.2) is 4.79 Å². The summed E-state index contributed by atoms with van der Waals surface area (Å²) in [7, 11) is 0. The van der Waals surface area contributed by atoms with Crippen LogP contribution in [0.15, 0.2) is 24.3 Å². The smallest absolute Gasteiger partial charge is 0.325 e. The molecule has 1 heterocycles. The van der Waals surface area contributed by atoms with Gasteiger partial charge in [-0.15, -0.1) is 0 Å². The molecular formula is C22H28N4O3. The largest absolute Gasteiger partial charge is 0.336 e. The van der Waals surface area contributed by atoms with E-state index in [1.54, 1.807) is 6.92 Å². The van der Waals surface area contributed by atoms with E-state index in [1.807, 2.05) is 24.3 Å². The Morgan fingerprint density at radius 1 is 1.21 bits per heavy atom. The number of nitriles is 1. The minimum absolute atomic E-state index is 0.0244. The van der Waals surface area contributed by atoms with Gasteiger partial charge in [0.25, 0.3) is 5.91 Å². The van der Waals surface area contributed by atoms with Crippen LogP contribution in [0.2, 0.25) is 0 Å². The number of hydrogen-bond donors (Lipinski definition) is 2. The van der Waals surface area contributed by atoms with Crippen molar-refractivity contribution < 1.29 is 14.4 Å². The molecule has 0 unspecified atom stereocenters. The minimum atomic E-state index is -1.23. The first kappa shape index (κ1) is 20.8. The van der Waals surface area contributed by atoms with E-state index in [2.05, 4.69) is 37.5 Å². The Morgan fingerprint density at radius 2 is 1.79 bits per heavy atom. The van der Waals surface area contributed by atoms with E-state index in [1.165, 1.54) is 0 Å². The zero-order valence-corrected chi connectivity index (χ0v) is 17.5. The maximum atomic E-state index is 13.0. The van der Waals surface area contributed by atoms with Gasteiger partial charge in [-0.2, -0.15) is 5.26 Å². The number of carbonyl (C=O) groups is 3. The number of rotatable bonds is 4. The number of imide groups is 1. The topological polar surface area (TPSA) is 102 Å². The molecule has 2 fully saturated rings. The summed E-state index contributed by atoms with van der Waals surface area (Å²) in [5.41, 5.74) is -0.354. The third-order valence-electron chi connectivity index (χ3n) is 5.95. The van der Waals surface area contributed by atoms with Gasteiger partial charge in [-0.1, -0.05) is 45.0 Å². The lowest BCUT2D eigenvalue weighted by Crippen LogP contribution is -2.50. The number of carbonyl (C=O) groups excluding carboxylic acids is 3. The monoisotopic (exact) mass is 396 g/mol. The molecule has 7 heteroatoms. The fourth-order valence-corrected chi connectivity index (χ4v) is 4.03. The Labute approximate surface area is 171 Å². The molecule has 2 aliphatic rings. The second-order valence-electron chi connectivity index (χ2n) is 9.22. The lowest BCUT2D eigenvalue weighted by Gasteiger charge is -2.25. The molecule has 4 amide bonds. The van der Waals surface area contributed by atoms with E-state index in [9.17, 15) is 19.6 Å². The summed E-state index contributed by atoms with van der Waals surface area (Å²) in [5.74, 6) is -0.970. The van der Waals surface area contributed by atoms with Crippen LogP contribution in [0.25, 0.3) is 0 Å². The first-order chi connectivity index (χ1) is 13.5. The van der Waals surface area contributed by atoms with Crippen LogP contribution in [0.5, 0.6) is 0 Å². The highest BCUT2D eigenvalue weighted by Gasteiger charge is 2.50. The molecule has 0 spiro atoms. The van der Waals surface area contributed by atoms with Crippen molar-refractivity contribution in [2.24, 2.45) is 0 Å². The quantitative estimate of drug-likeness (QED) is 0.764. The van der Waals surface area contributed by atoms with E-state index in [4.69, 9.17) is 0 Å². The molecule has 7 nitrogen and oxygen atoms in total. The van der Waals surface area contributed by atoms with Gasteiger partial charge in [-0.3, -0.25) is 14.5 Å². The number of benzene rings is 1. The van der Waals surface area contributed by atoms with Gasteiger partial charge in [0, 0.05) is 0 Å². The average Bonchev–Trinajstić information content (AvgIpc) is 3.21. The Bertz CT molecular complexity index is 873. The van der Waals surface area contributed by atoms with Crippen LogP contribution in [0, 0.1) is 11.3 Å². The highest BCUT2D eigenvalue weighted by Crippen LogP contribution is 2.32. The van der Waals surface area contributed by atoms with Crippen LogP contribution in [-0.2, 0) is 20.5 Å². The van der Waals surface area contributed by atoms with Crippen molar-refractivity contribution in [2.75, 3.05) is 6.54 Å². The third kappa shape index (κ3) is 3.84. The maximum Gasteiger partial charge on any atom is 0.325 e. The van der Waals surface area contributed by atoms with Gasteiger partial charge in [0.05, 0.1) is 6.07 Å². The molecule has 1 aromatic rings. The molecule has 1 saturated carbocycles. The van der Waals surface area contributed by atoms with E-state index in [0.717, 1.165) is 23.3 Å². The Hall–Kier alpha value is -2.88. The molecule has 0 aromatic heterocycles. The molecular weight excluding hydrogens is 368 g/mol. The van der Waals surface area contributed by atoms with Crippen molar-refractivity contribution in [3.63, 3.8) is 0 Å². The summed E-state index contributed by atoms with van der Waals surface area (Å²) >= 11 is 0. The number of urea groups is 1. The van der Waals surface area contributed by atoms with Crippen LogP contribution in [0.1, 0.15) is 64.5 Å². The average molecular weight is 396 g/mol. The summed E-state index contributed by atoms with van der Waals surface area (Å²) in [5, 5.41) is 14.9. The number of nitrogens with zero attached hydrogens (tertiary/aromatic N) is 2. The molecule has 0 bridgehead atoms. The molecule has 1 aliphatic heterocycles. The standard InChI is InChI=1S/C22H28N4O3/c1-20(2,3)15-7-9-16(10-8-15)21(4)18(28)26(19(29)25-21)13-17(27)24-22(14-23)11-5-6-12-22/h7-10H,5-6,11-13H2,1-4H3,(H,24,27)(H,25,29)/t21-/m1/s1. The lowest BCUT2D eigenvalue weighted by molar-refractivity contribution is -0.135. The van der Waals surface area contributed by atoms with Gasteiger partial charge >= 0.3 is 6.03 Å². The van der Waals surface area contributed by atoms with E-state index < -0.39 is 35.5 Å². The summed E-state index contributed by atoms with van der Waals surface area (Å²) in [6.45, 7) is 7.55. The first-order valence-electron chi connectivity index (χ1n) is 9.98. The van der Waals surface area contributed by atoms with Gasteiger partial charge in [0.2, 0.25) is 5.91 Å². The summed E-state index contributed by atoms with van der Waals surface area (Å²) in [4.78, 5) is 38.9. The van der Waals surface area contributed by atoms with Crippen LogP contribution in [0.4, 0.5) is 4.79 Å². The zero-order valence-electron chi connectivity index (χ0n) is 17.5. The zero-order chi connectivity index (χ0) is 21.4. The van der Waals surface area contributed by atoms with Crippen LogP contribution < -0.4 is 10.6 Å². The van der Waals surface area contributed by atoms with Gasteiger partial charge in [0.15, 0.2) is 0 Å². The fraction of sp³-hybridized carbons (Fsp3) is 0.545. The molecule has 3 rings (SSSR count). The number of amides is 4. The fourth-order valence-electron chi connectivity index (χ4n) is 4.03. The molecule has 1 saturated heterocycles. The maximum absolute atomic E-state index is 13.0. The van der Waals surface area contributed by atoms with Crippen molar-refractivity contribution in [1.82, 2.24) is 15.5 Å². The molecule has 154 valence electrons. The SMILES string of the molecule is CC(C)(C)c1ccc([C@@]2(C)NC(=O)N(CC(=O)NC3(C#N)CCCC3)C2=O)cc1. The van der Waals surface area contributed by atoms with Crippen LogP contribution in [0.3, 0.4) is 0 Å². The molecule has 1 aromatic carbocycles. The van der Waals surface area contributed by atoms with Crippen molar-refractivity contribution >= 4 is 17.8 Å². The molecule has 29 heavy (non-hydrogen) atoms. The Kier molecular flexibility index (Phi) is 5.16. The van der Waals surface area contributed by atoms with E-state index in [0.29, 0.717) is 18.4 Å². The normalized spacial score (nSPS) is 23.6. The molecule has 2 N–H and O–H groups in total. The van der Waals surface area contributed by atoms with Crippen molar-refractivity contribution in [3.8, 4) is 6.07 Å². The molecule has 0 radical (unpaired) electrons. The Balaban J connectivity index is 1.75. The molecule has 1 aliphatic carbocycles. The van der Waals surface area contributed by atoms with E-state index >= 15 is 0 Å². The number of hydrogen-bond acceptors (Lipinski definition) is 4. The summed E-state index contributed by atoms with van der Waals surface area (Å²) < 4.78 is 0. The summed E-state index contributed by atoms with van der Waals surface area (Å²) in [6, 6.07) is 9.15. The van der Waals surface area contributed by atoms with E-state index in [-0.39, 0.29) is 5.41 Å². The Morgan fingerprint density at radius 3 is 2.31 bits per heavy atom. The van der Waals surface area contributed by atoms with Crippen molar-refractivity contribution in [2.45, 2.75) is 69.9 Å². The second kappa shape index (κ2) is 7.18. The van der Waals surface area contributed by atoms with Crippen LogP contribution in [-0.4, -0.2) is 34.8 Å². The number of nitrogens with one attached hydrogen (secondary N) is 2. The predicted molar refractivity (Wildman–Crippen MR) is 108 cm³/mol. The highest BCUT2D eigenvalue weighted by molar-refractivity contribution is 6.09. The predicted octanol–water partition coefficient (Wildman–Crippen LogP) is 2.70. The first-order valence-corrected chi connectivity index (χ1v) is 9.98. The summed E-state index contributed by atoms with van der Waals surface area (Å²) in [6.07, 6.45) is 2.93. The van der Waals surface area contributed by atoms with Crippen molar-refractivity contribution in [1.29, 1.82) is 5.26 Å². The highest BCUT2D eigenvalue weighted by atomic mass is 16.2.